The number of nitrogens with zero attached hydrogens (tertiary/aromatic N) is 3. The summed E-state index contributed by atoms with van der Waals surface area (Å²) >= 11 is 0. The molecule has 3 heterocycles. The van der Waals surface area contributed by atoms with Crippen molar-refractivity contribution in [1.82, 2.24) is 9.80 Å². The van der Waals surface area contributed by atoms with Gasteiger partial charge in [-0.2, -0.15) is 0 Å². The Hall–Kier alpha value is -2.30. The van der Waals surface area contributed by atoms with Gasteiger partial charge >= 0.3 is 6.09 Å². The quantitative estimate of drug-likeness (QED) is 0.654. The zero-order valence-electron chi connectivity index (χ0n) is 19.2. The van der Waals surface area contributed by atoms with E-state index in [4.69, 9.17) is 9.47 Å². The molecule has 32 heavy (non-hydrogen) atoms. The summed E-state index contributed by atoms with van der Waals surface area (Å²) in [5.41, 5.74) is 2.35. The van der Waals surface area contributed by atoms with Gasteiger partial charge in [-0.05, 0) is 69.5 Å². The number of fused-ring (bicyclic) bond motifs is 2. The van der Waals surface area contributed by atoms with Crippen LogP contribution in [0.1, 0.15) is 38.2 Å². The van der Waals surface area contributed by atoms with Crippen molar-refractivity contribution in [1.29, 1.82) is 0 Å². The molecule has 174 valence electrons. The molecule has 7 heteroatoms. The molecule has 2 saturated heterocycles. The van der Waals surface area contributed by atoms with E-state index >= 15 is 0 Å². The van der Waals surface area contributed by atoms with E-state index in [1.807, 2.05) is 6.07 Å². The average molecular weight is 444 g/mol. The summed E-state index contributed by atoms with van der Waals surface area (Å²) in [6, 6.07) is 5.75. The first-order valence-corrected chi connectivity index (χ1v) is 11.7. The van der Waals surface area contributed by atoms with Gasteiger partial charge < -0.3 is 24.2 Å². The number of halogens is 1. The molecule has 3 aliphatic heterocycles. The maximum atomic E-state index is 14.1. The van der Waals surface area contributed by atoms with Gasteiger partial charge in [-0.15, -0.1) is 5.92 Å². The van der Waals surface area contributed by atoms with Crippen molar-refractivity contribution in [3.05, 3.63) is 29.6 Å². The van der Waals surface area contributed by atoms with Gasteiger partial charge in [0.25, 0.3) is 0 Å². The first kappa shape index (κ1) is 22.9. The van der Waals surface area contributed by atoms with Crippen LogP contribution in [0, 0.1) is 17.7 Å². The number of ether oxygens (including phenoxy) is 2. The number of methoxy groups -OCH3 is 1. The Morgan fingerprint density at radius 1 is 1.22 bits per heavy atom. The van der Waals surface area contributed by atoms with E-state index in [0.717, 1.165) is 70.6 Å². The van der Waals surface area contributed by atoms with Crippen LogP contribution in [-0.4, -0.2) is 81.5 Å². The van der Waals surface area contributed by atoms with E-state index in [2.05, 4.69) is 21.6 Å². The summed E-state index contributed by atoms with van der Waals surface area (Å²) in [6.45, 7) is 7.81. The second-order valence-corrected chi connectivity index (χ2v) is 9.09. The summed E-state index contributed by atoms with van der Waals surface area (Å²) < 4.78 is 24.6. The molecular formula is C25H34FN3O3. The number of amides is 1. The van der Waals surface area contributed by atoms with Gasteiger partial charge in [-0.1, -0.05) is 5.92 Å². The van der Waals surface area contributed by atoms with Crippen LogP contribution in [0.2, 0.25) is 0 Å². The Balaban J connectivity index is 1.34. The molecule has 1 amide bonds. The molecule has 1 aromatic rings. The summed E-state index contributed by atoms with van der Waals surface area (Å²) in [6.07, 6.45) is 3.74. The number of rotatable bonds is 5. The maximum absolute atomic E-state index is 14.1. The lowest BCUT2D eigenvalue weighted by Crippen LogP contribution is -2.52. The number of carbonyl (C=O) groups is 1. The molecule has 0 aromatic heterocycles. The molecule has 3 aliphatic rings. The number of benzene rings is 1. The van der Waals surface area contributed by atoms with Crippen LogP contribution in [0.4, 0.5) is 14.9 Å². The topological polar surface area (TPSA) is 45.2 Å². The van der Waals surface area contributed by atoms with Crippen LogP contribution in [-0.2, 0) is 14.9 Å². The predicted molar refractivity (Wildman–Crippen MR) is 122 cm³/mol. The lowest BCUT2D eigenvalue weighted by Gasteiger charge is -2.45. The highest BCUT2D eigenvalue weighted by Gasteiger charge is 2.45. The fourth-order valence-electron chi connectivity index (χ4n) is 5.56. The van der Waals surface area contributed by atoms with E-state index in [1.54, 1.807) is 31.1 Å². The second-order valence-electron chi connectivity index (χ2n) is 9.09. The third kappa shape index (κ3) is 4.72. The number of anilines is 1. The summed E-state index contributed by atoms with van der Waals surface area (Å²) in [7, 11) is 1.72. The lowest BCUT2D eigenvalue weighted by molar-refractivity contribution is 0.0600. The normalized spacial score (nSPS) is 20.7. The van der Waals surface area contributed by atoms with Crippen LogP contribution in [0.5, 0.6) is 0 Å². The first-order valence-electron chi connectivity index (χ1n) is 11.7. The van der Waals surface area contributed by atoms with Gasteiger partial charge in [0, 0.05) is 50.4 Å². The number of hydrogen-bond acceptors (Lipinski definition) is 5. The number of likely N-dealkylation sites (tertiary alicyclic amines) is 2. The zero-order chi connectivity index (χ0) is 22.6. The molecule has 2 fully saturated rings. The molecule has 4 rings (SSSR count). The molecule has 0 aliphatic carbocycles. The van der Waals surface area contributed by atoms with Crippen LogP contribution in [0.3, 0.4) is 0 Å². The van der Waals surface area contributed by atoms with E-state index in [9.17, 15) is 9.18 Å². The van der Waals surface area contributed by atoms with Crippen molar-refractivity contribution in [2.24, 2.45) is 0 Å². The molecule has 1 spiro atoms. The third-order valence-electron chi connectivity index (χ3n) is 7.37. The summed E-state index contributed by atoms with van der Waals surface area (Å²) in [5.74, 6) is 5.35. The largest absolute Gasteiger partial charge is 0.436 e. The minimum absolute atomic E-state index is 0.0203. The van der Waals surface area contributed by atoms with Gasteiger partial charge in [0.2, 0.25) is 0 Å². The van der Waals surface area contributed by atoms with Gasteiger partial charge in [-0.3, -0.25) is 0 Å². The molecule has 0 unspecified atom stereocenters. The smallest absolute Gasteiger partial charge is 0.410 e. The Morgan fingerprint density at radius 2 is 1.97 bits per heavy atom. The van der Waals surface area contributed by atoms with Gasteiger partial charge in [0.1, 0.15) is 5.82 Å². The predicted octanol–water partition coefficient (Wildman–Crippen LogP) is 3.25. The van der Waals surface area contributed by atoms with E-state index < -0.39 is 0 Å². The standard InChI is InChI=1S/C25H34FN3O3/c1-3-4-16-32-24(30)28-11-7-21(8-12-28)27-13-9-25(10-14-27)19-29(15-17-31-2)23-6-5-20(26)18-22(23)25/h5-6,18,21H,7-17,19H2,1-2H3. The van der Waals surface area contributed by atoms with Crippen molar-refractivity contribution in [3.63, 3.8) is 0 Å². The third-order valence-corrected chi connectivity index (χ3v) is 7.37. The minimum atomic E-state index is -0.260. The van der Waals surface area contributed by atoms with Crippen molar-refractivity contribution >= 4 is 11.8 Å². The molecule has 1 aromatic carbocycles. The lowest BCUT2D eigenvalue weighted by atomic mass is 9.74. The summed E-state index contributed by atoms with van der Waals surface area (Å²) in [5, 5.41) is 0. The van der Waals surface area contributed by atoms with Gasteiger partial charge in [-0.25, -0.2) is 9.18 Å². The Kier molecular flexibility index (Phi) is 7.22. The van der Waals surface area contributed by atoms with Crippen molar-refractivity contribution in [3.8, 4) is 11.8 Å². The SMILES string of the molecule is CC#CCOC(=O)N1CCC(N2CCC3(CC2)CN(CCOC)c2ccc(F)cc23)CC1. The van der Waals surface area contributed by atoms with Crippen LogP contribution in [0.25, 0.3) is 0 Å². The Bertz CT molecular complexity index is 865. The van der Waals surface area contributed by atoms with Crippen molar-refractivity contribution in [2.45, 2.75) is 44.1 Å². The molecule has 0 atom stereocenters. The van der Waals surface area contributed by atoms with Crippen LogP contribution >= 0.6 is 0 Å². The molecular weight excluding hydrogens is 409 g/mol. The van der Waals surface area contributed by atoms with Gasteiger partial charge in [0.05, 0.1) is 6.61 Å². The highest BCUT2D eigenvalue weighted by Crippen LogP contribution is 2.47. The molecule has 0 saturated carbocycles. The van der Waals surface area contributed by atoms with E-state index in [1.165, 1.54) is 5.56 Å². The number of carbonyl (C=O) groups excluding carboxylic acids is 1. The van der Waals surface area contributed by atoms with Crippen LogP contribution < -0.4 is 4.90 Å². The number of piperidine rings is 2. The molecule has 6 nitrogen and oxygen atoms in total. The first-order chi connectivity index (χ1) is 15.6. The highest BCUT2D eigenvalue weighted by molar-refractivity contribution is 5.68. The highest BCUT2D eigenvalue weighted by atomic mass is 19.1. The fraction of sp³-hybridized carbons (Fsp3) is 0.640. The maximum Gasteiger partial charge on any atom is 0.410 e. The Morgan fingerprint density at radius 3 is 2.66 bits per heavy atom. The molecule has 0 bridgehead atoms. The Labute approximate surface area is 190 Å². The second kappa shape index (κ2) is 10.1. The monoisotopic (exact) mass is 443 g/mol. The fourth-order valence-corrected chi connectivity index (χ4v) is 5.56. The molecule has 0 radical (unpaired) electrons. The zero-order valence-corrected chi connectivity index (χ0v) is 19.2. The average Bonchev–Trinajstić information content (AvgIpc) is 3.10. The van der Waals surface area contributed by atoms with Crippen molar-refractivity contribution < 1.29 is 18.7 Å². The minimum Gasteiger partial charge on any atom is -0.436 e. The number of hydrogen-bond donors (Lipinski definition) is 0. The van der Waals surface area contributed by atoms with E-state index in [0.29, 0.717) is 12.6 Å². The van der Waals surface area contributed by atoms with Gasteiger partial charge in [0.15, 0.2) is 6.61 Å². The van der Waals surface area contributed by atoms with E-state index in [-0.39, 0.29) is 23.9 Å². The summed E-state index contributed by atoms with van der Waals surface area (Å²) in [4.78, 5) is 18.9. The van der Waals surface area contributed by atoms with Crippen molar-refractivity contribution in [2.75, 3.05) is 64.5 Å². The van der Waals surface area contributed by atoms with Crippen LogP contribution in [0.15, 0.2) is 18.2 Å². The molecule has 0 N–H and O–H groups in total.